The average molecular weight is 951 g/mol. The van der Waals surface area contributed by atoms with Gasteiger partial charge in [-0.2, -0.15) is 0 Å². The number of nitrogen functional groups attached to an aromatic ring is 1. The monoisotopic (exact) mass is 949 g/mol. The number of nitrogens with zero attached hydrogens (tertiary/aromatic N) is 3. The fraction of sp³-hybridized carbons (Fsp3) is 0.238. The second kappa shape index (κ2) is 21.2. The summed E-state index contributed by atoms with van der Waals surface area (Å²) in [6, 6.07) is 17.9. The summed E-state index contributed by atoms with van der Waals surface area (Å²) in [6.07, 6.45) is 5.12. The van der Waals surface area contributed by atoms with Gasteiger partial charge < -0.3 is 20.8 Å². The summed E-state index contributed by atoms with van der Waals surface area (Å²) in [4.78, 5) is 27.7. The Bertz CT molecular complexity index is 2850. The number of hydrogen-bond acceptors (Lipinski definition) is 11. The van der Waals surface area contributed by atoms with E-state index in [1.54, 1.807) is 30.3 Å². The Balaban J connectivity index is 0.000000226. The van der Waals surface area contributed by atoms with Crippen LogP contribution in [0.4, 0.5) is 31.7 Å². The molecular formula is C42H44Cl3F2N7O6S2. The lowest BCUT2D eigenvalue weighted by molar-refractivity contribution is 0.397. The number of anilines is 4. The lowest BCUT2D eigenvalue weighted by Gasteiger charge is -2.17. The number of halogens is 5. The molecule has 0 aliphatic rings. The molecule has 0 saturated carbocycles. The zero-order valence-electron chi connectivity index (χ0n) is 34.5. The molecule has 0 amide bonds. The molecule has 0 aliphatic heterocycles. The smallest absolute Gasteiger partial charge is 0.256 e. The molecule has 62 heavy (non-hydrogen) atoms. The Kier molecular flexibility index (Phi) is 16.8. The quantitative estimate of drug-likeness (QED) is 0.0964. The van der Waals surface area contributed by atoms with Crippen LogP contribution in [0.1, 0.15) is 56.6 Å². The molecule has 0 bridgehead atoms. The molecule has 330 valence electrons. The van der Waals surface area contributed by atoms with Crippen molar-refractivity contribution in [3.05, 3.63) is 139 Å². The Labute approximate surface area is 374 Å². The third kappa shape index (κ3) is 14.4. The molecule has 0 atom stereocenters. The maximum Gasteiger partial charge on any atom is 0.256 e. The van der Waals surface area contributed by atoms with Crippen molar-refractivity contribution in [2.24, 2.45) is 0 Å². The van der Waals surface area contributed by atoms with Gasteiger partial charge in [-0.15, -0.1) is 0 Å². The number of benzene rings is 2. The van der Waals surface area contributed by atoms with Crippen molar-refractivity contribution in [3.63, 3.8) is 0 Å². The fourth-order valence-corrected chi connectivity index (χ4v) is 7.45. The minimum atomic E-state index is -3.27. The van der Waals surface area contributed by atoms with Gasteiger partial charge in [-0.25, -0.2) is 35.6 Å². The Morgan fingerprint density at radius 1 is 0.758 bits per heavy atom. The predicted octanol–water partition coefficient (Wildman–Crippen LogP) is 10.0. The van der Waals surface area contributed by atoms with E-state index in [-0.39, 0.29) is 34.5 Å². The molecule has 5 N–H and O–H groups in total. The standard InChI is InChI=1S/C21H21ClFN3O3S.C15H16ClFN2O.C6H7ClN2O2S/c1-12(2)20-19(25-14-6-7-24-15(9-14)11-30(3,28)29)10-17(21(27)26-20)16-8-13(22)4-5-18(16)23;1-8(2)14-13(18)7-11(15(19-14)20-3)10-6-9(16)4-5-12(10)17;1-12(10,11)9-6-4-5(7)2-3-8-6/h4-10,12H,11H2,1-3H3,(H,24,25)(H,26,27);4-8H,18H2,1-3H3;2-4H,1H3,(H,8,9). The highest BCUT2D eigenvalue weighted by molar-refractivity contribution is 7.92. The summed E-state index contributed by atoms with van der Waals surface area (Å²) in [5.74, 6) is -0.463. The van der Waals surface area contributed by atoms with E-state index in [9.17, 15) is 30.4 Å². The van der Waals surface area contributed by atoms with E-state index in [0.717, 1.165) is 18.2 Å². The van der Waals surface area contributed by atoms with Crippen molar-refractivity contribution in [1.29, 1.82) is 0 Å². The van der Waals surface area contributed by atoms with E-state index >= 15 is 0 Å². The SMILES string of the molecule is CC(C)c1[nH]c(=O)c(-c2cc(Cl)ccc2F)cc1Nc1ccnc(CS(C)(=O)=O)c1.COc1nc(C(C)C)c(N)cc1-c1cc(Cl)ccc1F.CS(=O)(=O)Nc1cc(Cl)ccn1. The molecular weight excluding hydrogens is 907 g/mol. The van der Waals surface area contributed by atoms with E-state index in [4.69, 9.17) is 45.3 Å². The third-order valence-electron chi connectivity index (χ3n) is 8.39. The normalized spacial score (nSPS) is 11.3. The number of aromatic nitrogens is 4. The van der Waals surface area contributed by atoms with Crippen LogP contribution in [0, 0.1) is 11.6 Å². The molecule has 20 heteroatoms. The number of methoxy groups -OCH3 is 1. The van der Waals surface area contributed by atoms with Crippen LogP contribution in [0.25, 0.3) is 22.3 Å². The van der Waals surface area contributed by atoms with Gasteiger partial charge in [-0.05, 0) is 78.6 Å². The van der Waals surface area contributed by atoms with Crippen molar-refractivity contribution >= 4 is 77.5 Å². The summed E-state index contributed by atoms with van der Waals surface area (Å²) in [7, 11) is -5.01. The van der Waals surface area contributed by atoms with Crippen molar-refractivity contribution in [1.82, 2.24) is 19.9 Å². The molecule has 0 saturated heterocycles. The van der Waals surface area contributed by atoms with Crippen LogP contribution in [0.5, 0.6) is 5.88 Å². The minimum absolute atomic E-state index is 0.0317. The number of hydrogen-bond donors (Lipinski definition) is 4. The lowest BCUT2D eigenvalue weighted by atomic mass is 10.0. The third-order valence-corrected chi connectivity index (χ3v) is 10.5. The second-order valence-corrected chi connectivity index (χ2v) is 19.6. The van der Waals surface area contributed by atoms with Gasteiger partial charge in [0.25, 0.3) is 5.56 Å². The van der Waals surface area contributed by atoms with E-state index in [2.05, 4.69) is 30.0 Å². The van der Waals surface area contributed by atoms with E-state index in [0.29, 0.717) is 60.5 Å². The molecule has 2 aromatic carbocycles. The molecule has 0 radical (unpaired) electrons. The summed E-state index contributed by atoms with van der Waals surface area (Å²) in [5.41, 5.74) is 10.0. The number of nitrogens with two attached hydrogens (primary N) is 1. The Morgan fingerprint density at radius 2 is 1.34 bits per heavy atom. The van der Waals surface area contributed by atoms with Gasteiger partial charge in [0.15, 0.2) is 9.84 Å². The van der Waals surface area contributed by atoms with Gasteiger partial charge in [0.2, 0.25) is 15.9 Å². The summed E-state index contributed by atoms with van der Waals surface area (Å²) >= 11 is 17.5. The predicted molar refractivity (Wildman–Crippen MR) is 245 cm³/mol. The molecule has 0 aliphatic carbocycles. The van der Waals surface area contributed by atoms with Crippen molar-refractivity contribution < 1.29 is 30.4 Å². The zero-order chi connectivity index (χ0) is 46.1. The number of sulfonamides is 1. The van der Waals surface area contributed by atoms with Crippen molar-refractivity contribution in [3.8, 4) is 28.1 Å². The van der Waals surface area contributed by atoms with Crippen LogP contribution >= 0.6 is 34.8 Å². The molecule has 0 spiro atoms. The van der Waals surface area contributed by atoms with Crippen LogP contribution in [0.15, 0.2) is 90.0 Å². The van der Waals surface area contributed by atoms with Crippen molar-refractivity contribution in [2.75, 3.05) is 35.4 Å². The fourth-order valence-electron chi connectivity index (χ4n) is 5.76. The maximum atomic E-state index is 14.4. The Morgan fingerprint density at radius 3 is 1.87 bits per heavy atom. The van der Waals surface area contributed by atoms with Gasteiger partial charge >= 0.3 is 0 Å². The lowest BCUT2D eigenvalue weighted by Crippen LogP contribution is -2.15. The molecule has 4 heterocycles. The van der Waals surface area contributed by atoms with Crippen molar-refractivity contribution in [2.45, 2.75) is 45.3 Å². The summed E-state index contributed by atoms with van der Waals surface area (Å²) < 4.78 is 80.4. The Hall–Kier alpha value is -5.33. The summed E-state index contributed by atoms with van der Waals surface area (Å²) in [6.45, 7) is 7.80. The maximum absolute atomic E-state index is 14.4. The largest absolute Gasteiger partial charge is 0.481 e. The molecule has 13 nitrogen and oxygen atoms in total. The highest BCUT2D eigenvalue weighted by Crippen LogP contribution is 2.36. The number of sulfone groups is 1. The second-order valence-electron chi connectivity index (χ2n) is 14.4. The molecule has 0 unspecified atom stereocenters. The van der Waals surface area contributed by atoms with Crippen LogP contribution in [-0.4, -0.2) is 56.4 Å². The van der Waals surface area contributed by atoms with Gasteiger partial charge in [0.1, 0.15) is 17.5 Å². The minimum Gasteiger partial charge on any atom is -0.481 e. The number of pyridine rings is 4. The summed E-state index contributed by atoms with van der Waals surface area (Å²) in [5, 5.41) is 4.38. The molecule has 6 aromatic rings. The number of H-pyrrole nitrogens is 1. The zero-order valence-corrected chi connectivity index (χ0v) is 38.4. The van der Waals surface area contributed by atoms with E-state index in [1.807, 2.05) is 27.7 Å². The number of nitrogens with one attached hydrogen (secondary N) is 3. The topological polar surface area (TPSA) is 199 Å². The van der Waals surface area contributed by atoms with E-state index < -0.39 is 37.1 Å². The highest BCUT2D eigenvalue weighted by Gasteiger charge is 2.19. The number of rotatable bonds is 11. The first-order valence-corrected chi connectivity index (χ1v) is 23.5. The van der Waals surface area contributed by atoms with Gasteiger partial charge in [0, 0.05) is 67.9 Å². The van der Waals surface area contributed by atoms with E-state index in [1.165, 1.54) is 62.0 Å². The highest BCUT2D eigenvalue weighted by atomic mass is 35.5. The molecule has 4 aromatic heterocycles. The number of ether oxygens (including phenoxy) is 1. The molecule has 6 rings (SSSR count). The van der Waals surface area contributed by atoms with Crippen LogP contribution in [0.3, 0.4) is 0 Å². The number of aromatic amines is 1. The first-order valence-electron chi connectivity index (χ1n) is 18.5. The van der Waals surface area contributed by atoms with Crippen LogP contribution in [-0.2, 0) is 25.6 Å². The molecule has 0 fully saturated rings. The van der Waals surface area contributed by atoms with Crippen LogP contribution < -0.4 is 26.1 Å². The average Bonchev–Trinajstić information content (AvgIpc) is 3.16. The first kappa shape index (κ1) is 49.3. The first-order chi connectivity index (χ1) is 28.9. The van der Waals surface area contributed by atoms with Gasteiger partial charge in [-0.3, -0.25) is 14.5 Å². The van der Waals surface area contributed by atoms with Gasteiger partial charge in [-0.1, -0.05) is 62.5 Å². The van der Waals surface area contributed by atoms with Crippen LogP contribution in [0.2, 0.25) is 15.1 Å². The van der Waals surface area contributed by atoms with Gasteiger partial charge in [0.05, 0.1) is 47.4 Å².